The van der Waals surface area contributed by atoms with Crippen molar-refractivity contribution in [1.82, 2.24) is 14.1 Å². The Balaban J connectivity index is 1.98. The molecule has 32 heavy (non-hydrogen) atoms. The lowest BCUT2D eigenvalue weighted by Crippen LogP contribution is -2.26. The Kier molecular flexibility index (Phi) is 6.35. The average molecular weight is 470 g/mol. The van der Waals surface area contributed by atoms with Crippen LogP contribution in [-0.2, 0) is 16.4 Å². The van der Waals surface area contributed by atoms with Gasteiger partial charge in [-0.25, -0.2) is 17.8 Å². The van der Waals surface area contributed by atoms with Gasteiger partial charge in [-0.05, 0) is 49.7 Å². The van der Waals surface area contributed by atoms with Crippen molar-refractivity contribution in [1.29, 1.82) is 0 Å². The molecule has 1 N–H and O–H groups in total. The van der Waals surface area contributed by atoms with Crippen molar-refractivity contribution in [2.75, 3.05) is 18.0 Å². The summed E-state index contributed by atoms with van der Waals surface area (Å²) in [7, 11) is -5.51. The van der Waals surface area contributed by atoms with Crippen molar-refractivity contribution < 1.29 is 26.7 Å². The van der Waals surface area contributed by atoms with E-state index in [1.165, 1.54) is 10.8 Å². The second-order valence-electron chi connectivity index (χ2n) is 6.85. The molecule has 12 heteroatoms. The van der Waals surface area contributed by atoms with Crippen LogP contribution in [0.25, 0.3) is 5.69 Å². The number of halogens is 3. The highest BCUT2D eigenvalue weighted by atomic mass is 32.2. The first-order valence-corrected chi connectivity index (χ1v) is 11.1. The van der Waals surface area contributed by atoms with E-state index in [1.54, 1.807) is 18.5 Å². The number of hydrogen-bond donors (Lipinski definition) is 1. The summed E-state index contributed by atoms with van der Waals surface area (Å²) in [5.41, 5.74) is -4.44. The number of imidazole rings is 1. The number of anilines is 1. The standard InChI is InChI=1S/C20H21F3N4O4S/c1-3-25(4-2)17-11-24-10-9-14(17)12-26-13-18(28)27(19(26)29)15-5-7-16(8-6-15)32(30,31)20(21,22)23/h5-11,13,28H,3-4,12H2,1-2H3. The van der Waals surface area contributed by atoms with Crippen LogP contribution in [0.3, 0.4) is 0 Å². The van der Waals surface area contributed by atoms with Crippen LogP contribution in [0.1, 0.15) is 19.4 Å². The first-order chi connectivity index (χ1) is 15.0. The number of hydrogen-bond acceptors (Lipinski definition) is 6. The molecule has 8 nitrogen and oxygen atoms in total. The highest BCUT2D eigenvalue weighted by Gasteiger charge is 2.46. The van der Waals surface area contributed by atoms with Gasteiger partial charge in [0, 0.05) is 19.3 Å². The van der Waals surface area contributed by atoms with E-state index >= 15 is 0 Å². The molecule has 0 fully saturated rings. The topological polar surface area (TPSA) is 97.4 Å². The Labute approximate surface area is 182 Å². The number of alkyl halides is 3. The third kappa shape index (κ3) is 4.22. The largest absolute Gasteiger partial charge is 0.501 e. The molecule has 0 atom stereocenters. The van der Waals surface area contributed by atoms with Gasteiger partial charge in [0.25, 0.3) is 9.84 Å². The SMILES string of the molecule is CCN(CC)c1cnccc1Cn1cc(O)n(-c2ccc(S(=O)(=O)C(F)(F)F)cc2)c1=O. The molecule has 0 bridgehead atoms. The van der Waals surface area contributed by atoms with E-state index in [0.717, 1.165) is 53.2 Å². The number of pyridine rings is 1. The maximum absolute atomic E-state index is 12.9. The van der Waals surface area contributed by atoms with Gasteiger partial charge in [0.1, 0.15) is 0 Å². The Morgan fingerprint density at radius 2 is 1.72 bits per heavy atom. The lowest BCUT2D eigenvalue weighted by atomic mass is 10.2. The van der Waals surface area contributed by atoms with Crippen LogP contribution < -0.4 is 10.6 Å². The summed E-state index contributed by atoms with van der Waals surface area (Å²) in [6.07, 6.45) is 4.48. The minimum absolute atomic E-state index is 0.0195. The van der Waals surface area contributed by atoms with E-state index < -0.39 is 31.8 Å². The molecule has 0 saturated heterocycles. The van der Waals surface area contributed by atoms with Gasteiger partial charge in [-0.2, -0.15) is 13.2 Å². The highest BCUT2D eigenvalue weighted by Crippen LogP contribution is 2.30. The van der Waals surface area contributed by atoms with Crippen molar-refractivity contribution in [3.63, 3.8) is 0 Å². The maximum Gasteiger partial charge on any atom is 0.501 e. The quantitative estimate of drug-likeness (QED) is 0.570. The van der Waals surface area contributed by atoms with Gasteiger partial charge in [0.2, 0.25) is 5.88 Å². The second-order valence-corrected chi connectivity index (χ2v) is 8.79. The van der Waals surface area contributed by atoms with Gasteiger partial charge in [0.15, 0.2) is 0 Å². The number of aromatic hydroxyl groups is 1. The molecule has 2 aromatic heterocycles. The Morgan fingerprint density at radius 3 is 2.28 bits per heavy atom. The van der Waals surface area contributed by atoms with Crippen molar-refractivity contribution in [3.05, 3.63) is 65.0 Å². The zero-order valence-electron chi connectivity index (χ0n) is 17.2. The maximum atomic E-state index is 12.9. The van der Waals surface area contributed by atoms with E-state index in [-0.39, 0.29) is 12.2 Å². The van der Waals surface area contributed by atoms with Crippen LogP contribution in [-0.4, -0.2) is 46.2 Å². The third-order valence-electron chi connectivity index (χ3n) is 4.98. The molecule has 1 aromatic carbocycles. The molecule has 2 heterocycles. The fourth-order valence-corrected chi connectivity index (χ4v) is 4.09. The lowest BCUT2D eigenvalue weighted by molar-refractivity contribution is -0.0436. The monoisotopic (exact) mass is 470 g/mol. The molecule has 3 aromatic rings. The Morgan fingerprint density at radius 1 is 1.09 bits per heavy atom. The molecule has 0 radical (unpaired) electrons. The van der Waals surface area contributed by atoms with Crippen LogP contribution in [0.4, 0.5) is 18.9 Å². The van der Waals surface area contributed by atoms with Gasteiger partial charge in [0.05, 0.1) is 35.2 Å². The van der Waals surface area contributed by atoms with E-state index in [1.807, 2.05) is 13.8 Å². The zero-order valence-corrected chi connectivity index (χ0v) is 18.1. The average Bonchev–Trinajstić information content (AvgIpc) is 3.02. The van der Waals surface area contributed by atoms with E-state index in [0.29, 0.717) is 0 Å². The summed E-state index contributed by atoms with van der Waals surface area (Å²) in [4.78, 5) is 18.1. The fraction of sp³-hybridized carbons (Fsp3) is 0.300. The van der Waals surface area contributed by atoms with E-state index in [9.17, 15) is 31.5 Å². The first kappa shape index (κ1) is 23.4. The summed E-state index contributed by atoms with van der Waals surface area (Å²) < 4.78 is 63.4. The molecule has 3 rings (SSSR count). The molecule has 0 amide bonds. The summed E-state index contributed by atoms with van der Waals surface area (Å²) in [5.74, 6) is -0.445. The van der Waals surface area contributed by atoms with Gasteiger partial charge in [-0.1, -0.05) is 0 Å². The number of rotatable bonds is 7. The minimum atomic E-state index is -5.51. The minimum Gasteiger partial charge on any atom is -0.493 e. The van der Waals surface area contributed by atoms with E-state index in [4.69, 9.17) is 0 Å². The molecule has 0 spiro atoms. The Hall–Kier alpha value is -3.28. The van der Waals surface area contributed by atoms with Crippen molar-refractivity contribution in [2.45, 2.75) is 30.8 Å². The molecule has 172 valence electrons. The molecule has 0 aliphatic carbocycles. The van der Waals surface area contributed by atoms with Crippen LogP contribution >= 0.6 is 0 Å². The second kappa shape index (κ2) is 8.69. The van der Waals surface area contributed by atoms with Crippen LogP contribution in [0.5, 0.6) is 5.88 Å². The predicted octanol–water partition coefficient (Wildman–Crippen LogP) is 2.93. The van der Waals surface area contributed by atoms with Crippen molar-refractivity contribution in [3.8, 4) is 11.6 Å². The van der Waals surface area contributed by atoms with Crippen LogP contribution in [0, 0.1) is 0 Å². The Bertz CT molecular complexity index is 1260. The fourth-order valence-electron chi connectivity index (χ4n) is 3.32. The molecular formula is C20H21F3N4O4S. The number of aromatic nitrogens is 3. The summed E-state index contributed by atoms with van der Waals surface area (Å²) in [5, 5.41) is 10.3. The van der Waals surface area contributed by atoms with Crippen LogP contribution in [0.15, 0.2) is 58.6 Å². The lowest BCUT2D eigenvalue weighted by Gasteiger charge is -2.23. The normalized spacial score (nSPS) is 12.2. The molecule has 0 aliphatic rings. The smallest absolute Gasteiger partial charge is 0.493 e. The highest BCUT2D eigenvalue weighted by molar-refractivity contribution is 7.92. The first-order valence-electron chi connectivity index (χ1n) is 9.62. The molecule has 0 unspecified atom stereocenters. The number of sulfone groups is 1. The number of benzene rings is 1. The number of nitrogens with zero attached hydrogens (tertiary/aromatic N) is 4. The van der Waals surface area contributed by atoms with E-state index in [2.05, 4.69) is 9.88 Å². The van der Waals surface area contributed by atoms with Gasteiger partial charge in [-0.15, -0.1) is 0 Å². The predicted molar refractivity (Wildman–Crippen MR) is 112 cm³/mol. The molecular weight excluding hydrogens is 449 g/mol. The van der Waals surface area contributed by atoms with Crippen molar-refractivity contribution >= 4 is 15.5 Å². The summed E-state index contributed by atoms with van der Waals surface area (Å²) in [6, 6.07) is 5.28. The van der Waals surface area contributed by atoms with Crippen LogP contribution in [0.2, 0.25) is 0 Å². The molecule has 0 aliphatic heterocycles. The zero-order chi connectivity index (χ0) is 23.7. The summed E-state index contributed by atoms with van der Waals surface area (Å²) >= 11 is 0. The molecule has 0 saturated carbocycles. The third-order valence-corrected chi connectivity index (χ3v) is 6.48. The summed E-state index contributed by atoms with van der Waals surface area (Å²) in [6.45, 7) is 5.54. The van der Waals surface area contributed by atoms with Crippen molar-refractivity contribution in [2.24, 2.45) is 0 Å². The van der Waals surface area contributed by atoms with Gasteiger partial charge in [-0.3, -0.25) is 9.55 Å². The van der Waals surface area contributed by atoms with Gasteiger partial charge >= 0.3 is 11.2 Å². The van der Waals surface area contributed by atoms with Gasteiger partial charge < -0.3 is 10.0 Å².